The number of carbonyl (C=O) groups is 1. The van der Waals surface area contributed by atoms with E-state index in [1.165, 1.54) is 13.8 Å². The van der Waals surface area contributed by atoms with Crippen molar-refractivity contribution < 1.29 is 19.7 Å². The summed E-state index contributed by atoms with van der Waals surface area (Å²) in [5.41, 5.74) is 0.245. The van der Waals surface area contributed by atoms with Gasteiger partial charge in [-0.3, -0.25) is 0 Å². The van der Waals surface area contributed by atoms with E-state index in [2.05, 4.69) is 11.3 Å². The van der Waals surface area contributed by atoms with E-state index >= 15 is 0 Å². The van der Waals surface area contributed by atoms with Crippen LogP contribution in [-0.2, 0) is 9.53 Å². The van der Waals surface area contributed by atoms with Gasteiger partial charge in [0.2, 0.25) is 0 Å². The number of carbonyl (C=O) groups excluding carboxylic acids is 1. The van der Waals surface area contributed by atoms with Crippen molar-refractivity contribution >= 4 is 5.97 Å². The molecule has 0 saturated carbocycles. The zero-order chi connectivity index (χ0) is 9.72. The summed E-state index contributed by atoms with van der Waals surface area (Å²) >= 11 is 0. The molecular formula is C8H14O4. The summed E-state index contributed by atoms with van der Waals surface area (Å²) in [6, 6.07) is 0. The highest BCUT2D eigenvalue weighted by molar-refractivity contribution is 5.87. The molecule has 0 aliphatic heterocycles. The largest absolute Gasteiger partial charge is 0.454 e. The lowest BCUT2D eigenvalue weighted by Crippen LogP contribution is -2.32. The quantitative estimate of drug-likeness (QED) is 0.459. The Morgan fingerprint density at radius 3 is 2.42 bits per heavy atom. The van der Waals surface area contributed by atoms with Crippen molar-refractivity contribution in [1.82, 2.24) is 0 Å². The number of rotatable bonds is 4. The predicted molar refractivity (Wildman–Crippen MR) is 43.5 cm³/mol. The molecule has 4 heteroatoms. The predicted octanol–water partition coefficient (Wildman–Crippen LogP) is -0.153. The molecule has 4 nitrogen and oxygen atoms in total. The fraction of sp³-hybridized carbons (Fsp3) is 0.625. The van der Waals surface area contributed by atoms with Crippen molar-refractivity contribution in [3.63, 3.8) is 0 Å². The van der Waals surface area contributed by atoms with Crippen molar-refractivity contribution in [3.05, 3.63) is 12.2 Å². The van der Waals surface area contributed by atoms with E-state index in [4.69, 9.17) is 10.2 Å². The molecule has 0 aliphatic rings. The maximum atomic E-state index is 10.9. The van der Waals surface area contributed by atoms with E-state index in [-0.39, 0.29) is 5.57 Å². The normalized spacial score (nSPS) is 15.0. The molecule has 0 aromatic carbocycles. The minimum Gasteiger partial charge on any atom is -0.454 e. The highest BCUT2D eigenvalue weighted by Gasteiger charge is 2.18. The fourth-order valence-electron chi connectivity index (χ4n) is 0.526. The lowest BCUT2D eigenvalue weighted by molar-refractivity contribution is -0.152. The molecule has 0 saturated heterocycles. The van der Waals surface area contributed by atoms with Crippen molar-refractivity contribution in [2.45, 2.75) is 26.1 Å². The minimum absolute atomic E-state index is 0.245. The van der Waals surface area contributed by atoms with Crippen LogP contribution in [-0.4, -0.2) is 35.0 Å². The Kier molecular flexibility index (Phi) is 4.54. The Morgan fingerprint density at radius 2 is 2.17 bits per heavy atom. The molecule has 0 spiro atoms. The van der Waals surface area contributed by atoms with E-state index < -0.39 is 24.8 Å². The average molecular weight is 174 g/mol. The van der Waals surface area contributed by atoms with Crippen LogP contribution >= 0.6 is 0 Å². The third-order valence-corrected chi connectivity index (χ3v) is 1.32. The molecule has 0 heterocycles. The summed E-state index contributed by atoms with van der Waals surface area (Å²) in [6.07, 6.45) is -1.74. The zero-order valence-electron chi connectivity index (χ0n) is 7.28. The van der Waals surface area contributed by atoms with E-state index in [1.807, 2.05) is 0 Å². The van der Waals surface area contributed by atoms with Gasteiger partial charge < -0.3 is 14.9 Å². The van der Waals surface area contributed by atoms with E-state index in [0.29, 0.717) is 0 Å². The maximum absolute atomic E-state index is 10.9. The van der Waals surface area contributed by atoms with E-state index in [1.54, 1.807) is 0 Å². The minimum atomic E-state index is -0.877. The van der Waals surface area contributed by atoms with Gasteiger partial charge in [-0.2, -0.15) is 0 Å². The molecule has 2 atom stereocenters. The monoisotopic (exact) mass is 174 g/mol. The number of ether oxygens (including phenoxy) is 1. The average Bonchev–Trinajstić information content (AvgIpc) is 1.98. The van der Waals surface area contributed by atoms with Crippen LogP contribution in [0.25, 0.3) is 0 Å². The summed E-state index contributed by atoms with van der Waals surface area (Å²) in [5.74, 6) is -0.602. The van der Waals surface area contributed by atoms with Crippen LogP contribution in [0.15, 0.2) is 12.2 Å². The van der Waals surface area contributed by atoms with Gasteiger partial charge in [-0.25, -0.2) is 4.79 Å². The van der Waals surface area contributed by atoms with Gasteiger partial charge in [0.1, 0.15) is 0 Å². The first-order chi connectivity index (χ1) is 5.49. The second-order valence-electron chi connectivity index (χ2n) is 2.65. The van der Waals surface area contributed by atoms with Crippen molar-refractivity contribution in [2.75, 3.05) is 6.61 Å². The van der Waals surface area contributed by atoms with E-state index in [9.17, 15) is 4.79 Å². The lowest BCUT2D eigenvalue weighted by Gasteiger charge is -2.17. The van der Waals surface area contributed by atoms with Crippen LogP contribution in [0, 0.1) is 0 Å². The molecule has 0 aliphatic carbocycles. The summed E-state index contributed by atoms with van der Waals surface area (Å²) in [7, 11) is 0. The third-order valence-electron chi connectivity index (χ3n) is 1.32. The van der Waals surface area contributed by atoms with Crippen LogP contribution in [0.1, 0.15) is 13.8 Å². The second-order valence-corrected chi connectivity index (χ2v) is 2.65. The molecule has 0 amide bonds. The SMILES string of the molecule is C=C(C)C(=O)OC(CO)C(C)O. The first-order valence-electron chi connectivity index (χ1n) is 3.64. The number of esters is 1. The highest BCUT2D eigenvalue weighted by atomic mass is 16.6. The molecular weight excluding hydrogens is 160 g/mol. The molecule has 2 unspecified atom stereocenters. The number of hydrogen-bond donors (Lipinski definition) is 2. The van der Waals surface area contributed by atoms with Crippen LogP contribution in [0.2, 0.25) is 0 Å². The molecule has 2 N–H and O–H groups in total. The Balaban J connectivity index is 4.03. The summed E-state index contributed by atoms with van der Waals surface area (Å²) in [5, 5.41) is 17.6. The van der Waals surface area contributed by atoms with Crippen molar-refractivity contribution in [2.24, 2.45) is 0 Å². The maximum Gasteiger partial charge on any atom is 0.333 e. The van der Waals surface area contributed by atoms with Gasteiger partial charge in [0.15, 0.2) is 6.10 Å². The van der Waals surface area contributed by atoms with Gasteiger partial charge >= 0.3 is 5.97 Å². The standard InChI is InChI=1S/C8H14O4/c1-5(2)8(11)12-7(4-9)6(3)10/h6-7,9-10H,1,4H2,2-3H3. The van der Waals surface area contributed by atoms with Gasteiger partial charge in [-0.05, 0) is 13.8 Å². The van der Waals surface area contributed by atoms with Crippen LogP contribution in [0.4, 0.5) is 0 Å². The molecule has 0 radical (unpaired) electrons. The van der Waals surface area contributed by atoms with Crippen LogP contribution in [0.5, 0.6) is 0 Å². The van der Waals surface area contributed by atoms with Gasteiger partial charge in [0, 0.05) is 5.57 Å². The smallest absolute Gasteiger partial charge is 0.333 e. The van der Waals surface area contributed by atoms with Crippen LogP contribution < -0.4 is 0 Å². The van der Waals surface area contributed by atoms with Gasteiger partial charge in [0.25, 0.3) is 0 Å². The van der Waals surface area contributed by atoms with Crippen LogP contribution in [0.3, 0.4) is 0 Å². The number of aliphatic hydroxyl groups is 2. The summed E-state index contributed by atoms with van der Waals surface area (Å²) in [4.78, 5) is 10.9. The third kappa shape index (κ3) is 3.50. The van der Waals surface area contributed by atoms with Gasteiger partial charge in [0.05, 0.1) is 12.7 Å². The van der Waals surface area contributed by atoms with Crippen molar-refractivity contribution in [1.29, 1.82) is 0 Å². The summed E-state index contributed by atoms with van der Waals surface area (Å²) < 4.78 is 4.68. The Hall–Kier alpha value is -0.870. The molecule has 0 rings (SSSR count). The summed E-state index contributed by atoms with van der Waals surface area (Å²) in [6.45, 7) is 5.91. The molecule has 12 heavy (non-hydrogen) atoms. The van der Waals surface area contributed by atoms with E-state index in [0.717, 1.165) is 0 Å². The Bertz CT molecular complexity index is 174. The van der Waals surface area contributed by atoms with Gasteiger partial charge in [-0.15, -0.1) is 0 Å². The Morgan fingerprint density at radius 1 is 1.67 bits per heavy atom. The first-order valence-corrected chi connectivity index (χ1v) is 3.64. The molecule has 0 bridgehead atoms. The Labute approximate surface area is 71.5 Å². The number of aliphatic hydroxyl groups excluding tert-OH is 2. The fourth-order valence-corrected chi connectivity index (χ4v) is 0.526. The number of hydrogen-bond acceptors (Lipinski definition) is 4. The molecule has 0 aromatic rings. The second kappa shape index (κ2) is 4.90. The lowest BCUT2D eigenvalue weighted by atomic mass is 10.2. The van der Waals surface area contributed by atoms with Crippen molar-refractivity contribution in [3.8, 4) is 0 Å². The van der Waals surface area contributed by atoms with Gasteiger partial charge in [-0.1, -0.05) is 6.58 Å². The molecule has 70 valence electrons. The topological polar surface area (TPSA) is 66.8 Å². The first kappa shape index (κ1) is 11.1. The molecule has 0 fully saturated rings. The molecule has 0 aromatic heterocycles. The zero-order valence-corrected chi connectivity index (χ0v) is 7.28. The highest BCUT2D eigenvalue weighted by Crippen LogP contribution is 2.02.